The molecule has 8 nitrogen and oxygen atoms in total. The summed E-state index contributed by atoms with van der Waals surface area (Å²) in [5.74, 6) is -0.517. The van der Waals surface area contributed by atoms with Crippen molar-refractivity contribution >= 4 is 39.9 Å². The van der Waals surface area contributed by atoms with Crippen LogP contribution in [0.1, 0.15) is 30.7 Å². The van der Waals surface area contributed by atoms with Gasteiger partial charge in [0, 0.05) is 29.3 Å². The molecule has 32 heavy (non-hydrogen) atoms. The van der Waals surface area contributed by atoms with Gasteiger partial charge in [-0.15, -0.1) is 11.3 Å². The number of thiazole rings is 1. The van der Waals surface area contributed by atoms with Crippen LogP contribution in [-0.2, 0) is 9.59 Å². The van der Waals surface area contributed by atoms with Crippen LogP contribution in [0.25, 0.3) is 0 Å². The zero-order valence-electron chi connectivity index (χ0n) is 17.2. The summed E-state index contributed by atoms with van der Waals surface area (Å²) in [5, 5.41) is 28.8. The number of carbonyl (C=O) groups is 2. The Hall–Kier alpha value is -3.29. The van der Waals surface area contributed by atoms with Crippen LogP contribution in [-0.4, -0.2) is 34.6 Å². The van der Waals surface area contributed by atoms with Crippen LogP contribution in [0.3, 0.4) is 0 Å². The monoisotopic (exact) mass is 468 g/mol. The molecule has 2 heterocycles. The summed E-state index contributed by atoms with van der Waals surface area (Å²) in [4.78, 5) is 29.2. The summed E-state index contributed by atoms with van der Waals surface area (Å²) >= 11 is 2.54. The number of methoxy groups -OCH3 is 1. The van der Waals surface area contributed by atoms with Crippen LogP contribution in [0, 0.1) is 11.3 Å². The van der Waals surface area contributed by atoms with Crippen molar-refractivity contribution in [2.75, 3.05) is 18.2 Å². The number of dihydropyridines is 1. The lowest BCUT2D eigenvalue weighted by Crippen LogP contribution is -2.31. The molecule has 0 bridgehead atoms. The number of ketones is 1. The molecule has 1 atom stereocenters. The number of Topliss-reactive ketones (excluding diaryl/α,β-unsaturated/α-hetero) is 1. The third-order valence-corrected chi connectivity index (χ3v) is 6.93. The van der Waals surface area contributed by atoms with Gasteiger partial charge in [0.05, 0.1) is 35.5 Å². The fraction of sp³-hybridized carbons (Fsp3) is 0.273. The molecule has 2 aromatic rings. The molecule has 1 aromatic heterocycles. The number of phenolic OH excluding ortho intramolecular Hbond substituents is 1. The van der Waals surface area contributed by atoms with E-state index in [0.717, 1.165) is 12.1 Å². The summed E-state index contributed by atoms with van der Waals surface area (Å²) in [7, 11) is 1.45. The number of aromatic nitrogens is 1. The second-order valence-electron chi connectivity index (χ2n) is 7.19. The number of hydrogen-bond donors (Lipinski definition) is 3. The zero-order valence-corrected chi connectivity index (χ0v) is 18.8. The molecule has 1 aliphatic carbocycles. The van der Waals surface area contributed by atoms with Gasteiger partial charge in [0.25, 0.3) is 0 Å². The lowest BCUT2D eigenvalue weighted by atomic mass is 9.77. The fourth-order valence-corrected chi connectivity index (χ4v) is 5.23. The number of nitrogens with one attached hydrogen (secondary N) is 2. The van der Waals surface area contributed by atoms with E-state index in [1.165, 1.54) is 36.3 Å². The van der Waals surface area contributed by atoms with E-state index in [2.05, 4.69) is 21.7 Å². The highest BCUT2D eigenvalue weighted by Crippen LogP contribution is 2.45. The van der Waals surface area contributed by atoms with E-state index in [-0.39, 0.29) is 28.9 Å². The summed E-state index contributed by atoms with van der Waals surface area (Å²) < 4.78 is 5.24. The predicted octanol–water partition coefficient (Wildman–Crippen LogP) is 3.66. The first-order valence-corrected chi connectivity index (χ1v) is 11.7. The summed E-state index contributed by atoms with van der Waals surface area (Å²) in [6.45, 7) is 0. The normalized spacial score (nSPS) is 18.0. The van der Waals surface area contributed by atoms with Crippen molar-refractivity contribution in [2.24, 2.45) is 0 Å². The number of amides is 1. The Morgan fingerprint density at radius 3 is 3.03 bits per heavy atom. The molecule has 1 amide bonds. The van der Waals surface area contributed by atoms with E-state index in [1.54, 1.807) is 23.7 Å². The molecule has 1 aliphatic heterocycles. The van der Waals surface area contributed by atoms with Crippen molar-refractivity contribution in [1.29, 1.82) is 5.26 Å². The first-order chi connectivity index (χ1) is 15.5. The van der Waals surface area contributed by atoms with Crippen molar-refractivity contribution in [2.45, 2.75) is 25.2 Å². The Kier molecular flexibility index (Phi) is 6.48. The number of anilines is 1. The molecule has 10 heteroatoms. The van der Waals surface area contributed by atoms with E-state index in [1.807, 2.05) is 0 Å². The van der Waals surface area contributed by atoms with Gasteiger partial charge in [0.1, 0.15) is 0 Å². The molecule has 0 saturated carbocycles. The SMILES string of the molecule is COc1cc([C@H]2C(C#N)=C(SCC(=O)Nc3nccs3)NC3=C2C(=O)CCC3)ccc1O. The second kappa shape index (κ2) is 9.46. The Morgan fingerprint density at radius 1 is 1.47 bits per heavy atom. The van der Waals surface area contributed by atoms with Crippen molar-refractivity contribution < 1.29 is 19.4 Å². The third-order valence-electron chi connectivity index (χ3n) is 5.23. The number of rotatable bonds is 6. The molecular weight excluding hydrogens is 448 g/mol. The maximum atomic E-state index is 12.9. The molecule has 0 saturated heterocycles. The Bertz CT molecular complexity index is 1170. The minimum absolute atomic E-state index is 0.00546. The lowest BCUT2D eigenvalue weighted by molar-refractivity contribution is -0.116. The third kappa shape index (κ3) is 4.35. The number of benzene rings is 1. The molecular formula is C22H20N4O4S2. The summed E-state index contributed by atoms with van der Waals surface area (Å²) in [6, 6.07) is 7.07. The van der Waals surface area contributed by atoms with Gasteiger partial charge in [-0.25, -0.2) is 4.98 Å². The predicted molar refractivity (Wildman–Crippen MR) is 122 cm³/mol. The van der Waals surface area contributed by atoms with Gasteiger partial charge in [-0.3, -0.25) is 9.59 Å². The van der Waals surface area contributed by atoms with Gasteiger partial charge < -0.3 is 20.5 Å². The topological polar surface area (TPSA) is 124 Å². The summed E-state index contributed by atoms with van der Waals surface area (Å²) in [5.41, 5.74) is 2.38. The maximum Gasteiger partial charge on any atom is 0.236 e. The van der Waals surface area contributed by atoms with E-state index in [0.29, 0.717) is 39.7 Å². The Morgan fingerprint density at radius 2 is 2.31 bits per heavy atom. The van der Waals surface area contributed by atoms with Gasteiger partial charge >= 0.3 is 0 Å². The Labute approximate surface area is 193 Å². The van der Waals surface area contributed by atoms with Crippen molar-refractivity contribution in [1.82, 2.24) is 10.3 Å². The van der Waals surface area contributed by atoms with E-state index in [4.69, 9.17) is 4.74 Å². The number of allylic oxidation sites excluding steroid dienone is 3. The van der Waals surface area contributed by atoms with E-state index >= 15 is 0 Å². The van der Waals surface area contributed by atoms with Gasteiger partial charge in [-0.1, -0.05) is 17.8 Å². The molecule has 4 rings (SSSR count). The number of hydrogen-bond acceptors (Lipinski definition) is 9. The van der Waals surface area contributed by atoms with Crippen LogP contribution in [0.2, 0.25) is 0 Å². The van der Waals surface area contributed by atoms with Gasteiger partial charge in [-0.05, 0) is 30.5 Å². The molecule has 0 unspecified atom stereocenters. The zero-order chi connectivity index (χ0) is 22.7. The van der Waals surface area contributed by atoms with Gasteiger partial charge in [0.15, 0.2) is 22.4 Å². The molecule has 1 aromatic carbocycles. The number of nitriles is 1. The quantitative estimate of drug-likeness (QED) is 0.587. The summed E-state index contributed by atoms with van der Waals surface area (Å²) in [6.07, 6.45) is 3.43. The van der Waals surface area contributed by atoms with E-state index < -0.39 is 5.92 Å². The average molecular weight is 469 g/mol. The van der Waals surface area contributed by atoms with Crippen molar-refractivity contribution in [3.05, 3.63) is 57.2 Å². The number of aromatic hydroxyl groups is 1. The van der Waals surface area contributed by atoms with Crippen LogP contribution in [0.4, 0.5) is 5.13 Å². The average Bonchev–Trinajstić information content (AvgIpc) is 3.30. The van der Waals surface area contributed by atoms with Crippen molar-refractivity contribution in [3.8, 4) is 17.6 Å². The van der Waals surface area contributed by atoms with Crippen LogP contribution < -0.4 is 15.4 Å². The molecule has 3 N–H and O–H groups in total. The number of nitrogens with zero attached hydrogens (tertiary/aromatic N) is 2. The van der Waals surface area contributed by atoms with Gasteiger partial charge in [-0.2, -0.15) is 5.26 Å². The standard InChI is InChI=1S/C22H20N4O4S2/c1-30-17-9-12(5-6-15(17)27)19-13(10-23)21(25-14-3-2-4-16(28)20(14)19)32-11-18(29)26-22-24-7-8-31-22/h5-9,19,25,27H,2-4,11H2,1H3,(H,24,26,29)/t19-/m0/s1. The molecule has 164 valence electrons. The molecule has 0 fully saturated rings. The Balaban J connectivity index is 1.68. The lowest BCUT2D eigenvalue weighted by Gasteiger charge is -2.33. The molecule has 2 aliphatic rings. The minimum atomic E-state index is -0.594. The molecule has 0 radical (unpaired) electrons. The first kappa shape index (κ1) is 21.9. The van der Waals surface area contributed by atoms with Crippen molar-refractivity contribution in [3.63, 3.8) is 0 Å². The number of thioether (sulfide) groups is 1. The van der Waals surface area contributed by atoms with Gasteiger partial charge in [0.2, 0.25) is 5.91 Å². The highest BCUT2D eigenvalue weighted by atomic mass is 32.2. The second-order valence-corrected chi connectivity index (χ2v) is 9.07. The van der Waals surface area contributed by atoms with E-state index in [9.17, 15) is 20.0 Å². The fourth-order valence-electron chi connectivity index (χ4n) is 3.82. The minimum Gasteiger partial charge on any atom is -0.504 e. The largest absolute Gasteiger partial charge is 0.504 e. The first-order valence-electron chi connectivity index (χ1n) is 9.88. The van der Waals surface area contributed by atoms with Crippen LogP contribution in [0.5, 0.6) is 11.5 Å². The highest BCUT2D eigenvalue weighted by molar-refractivity contribution is 8.03. The number of carbonyl (C=O) groups excluding carboxylic acids is 2. The smallest absolute Gasteiger partial charge is 0.236 e. The van der Waals surface area contributed by atoms with Crippen LogP contribution >= 0.6 is 23.1 Å². The number of ether oxygens (including phenoxy) is 1. The highest BCUT2D eigenvalue weighted by Gasteiger charge is 2.37. The van der Waals surface area contributed by atoms with Crippen LogP contribution in [0.15, 0.2) is 51.6 Å². The molecule has 0 spiro atoms. The maximum absolute atomic E-state index is 12.9. The number of phenols is 1.